The van der Waals surface area contributed by atoms with Crippen molar-refractivity contribution in [1.82, 2.24) is 4.90 Å². The van der Waals surface area contributed by atoms with Crippen LogP contribution in [0.5, 0.6) is 0 Å². The molecule has 0 aromatic carbocycles. The smallest absolute Gasteiger partial charge is 0.399 e. The minimum Gasteiger partial charge on any atom is -0.428 e. The lowest BCUT2D eigenvalue weighted by Gasteiger charge is -2.32. The van der Waals surface area contributed by atoms with E-state index >= 15 is 0 Å². The van der Waals surface area contributed by atoms with Crippen LogP contribution in [0.3, 0.4) is 0 Å². The van der Waals surface area contributed by atoms with E-state index in [1.54, 1.807) is 11.8 Å². The van der Waals surface area contributed by atoms with Gasteiger partial charge in [0.2, 0.25) is 5.72 Å². The zero-order valence-corrected chi connectivity index (χ0v) is 10.5. The molecule has 0 saturated carbocycles. The van der Waals surface area contributed by atoms with Gasteiger partial charge in [-0.05, 0) is 32.3 Å². The van der Waals surface area contributed by atoms with Gasteiger partial charge < -0.3 is 4.74 Å². The molecule has 2 heterocycles. The molecule has 0 aromatic heterocycles. The van der Waals surface area contributed by atoms with Gasteiger partial charge >= 0.3 is 11.9 Å². The topological polar surface area (TPSA) is 46.6 Å². The molecule has 0 aromatic rings. The summed E-state index contributed by atoms with van der Waals surface area (Å²) in [6.07, 6.45) is 7.56. The van der Waals surface area contributed by atoms with E-state index in [4.69, 9.17) is 4.74 Å². The van der Waals surface area contributed by atoms with Crippen LogP contribution in [0.2, 0.25) is 0 Å². The van der Waals surface area contributed by atoms with Gasteiger partial charge in [-0.25, -0.2) is 4.79 Å². The Balaban J connectivity index is 2.12. The van der Waals surface area contributed by atoms with Crippen LogP contribution in [0.25, 0.3) is 0 Å². The third-order valence-corrected chi connectivity index (χ3v) is 4.06. The van der Waals surface area contributed by atoms with E-state index in [1.165, 1.54) is 11.1 Å². The van der Waals surface area contributed by atoms with Crippen LogP contribution >= 0.6 is 0 Å². The highest BCUT2D eigenvalue weighted by Gasteiger charge is 2.52. The molecule has 2 aliphatic heterocycles. The molecule has 0 spiro atoms. The van der Waals surface area contributed by atoms with Crippen molar-refractivity contribution in [3.05, 3.63) is 34.9 Å². The van der Waals surface area contributed by atoms with Gasteiger partial charge in [-0.1, -0.05) is 29.4 Å². The summed E-state index contributed by atoms with van der Waals surface area (Å²) in [4.78, 5) is 24.9. The minimum absolute atomic E-state index is 0.521. The zero-order valence-electron chi connectivity index (χ0n) is 10.5. The average Bonchev–Trinajstić information content (AvgIpc) is 2.51. The lowest BCUT2D eigenvalue weighted by molar-refractivity contribution is -0.151. The van der Waals surface area contributed by atoms with Crippen molar-refractivity contribution in [2.45, 2.75) is 32.4 Å². The van der Waals surface area contributed by atoms with Crippen LogP contribution < -0.4 is 0 Å². The molecule has 4 heteroatoms. The molecule has 2 fully saturated rings. The molecule has 4 nitrogen and oxygen atoms in total. The van der Waals surface area contributed by atoms with E-state index in [2.05, 4.69) is 13.0 Å². The van der Waals surface area contributed by atoms with Gasteiger partial charge in [-0.3, -0.25) is 9.69 Å². The van der Waals surface area contributed by atoms with E-state index in [-0.39, 0.29) is 0 Å². The summed E-state index contributed by atoms with van der Waals surface area (Å²) in [5.41, 5.74) is 2.63. The Labute approximate surface area is 106 Å². The molecular formula is C14H15NO3. The molecule has 1 unspecified atom stereocenters. The molecule has 3 aliphatic rings. The Morgan fingerprint density at radius 1 is 1.39 bits per heavy atom. The molecular weight excluding hydrogens is 230 g/mol. The lowest BCUT2D eigenvalue weighted by Crippen LogP contribution is -2.45. The van der Waals surface area contributed by atoms with Crippen molar-refractivity contribution in [2.24, 2.45) is 0 Å². The number of ether oxygens (including phenoxy) is 1. The number of nitrogens with zero attached hydrogens (tertiary/aromatic N) is 1. The second-order valence-electron chi connectivity index (χ2n) is 5.09. The summed E-state index contributed by atoms with van der Waals surface area (Å²) in [7, 11) is 0. The van der Waals surface area contributed by atoms with Gasteiger partial charge in [0.15, 0.2) is 0 Å². The van der Waals surface area contributed by atoms with E-state index in [0.717, 1.165) is 18.4 Å². The van der Waals surface area contributed by atoms with Crippen LogP contribution in [0.4, 0.5) is 0 Å². The minimum atomic E-state index is -0.898. The summed E-state index contributed by atoms with van der Waals surface area (Å²) in [5, 5.41) is 0. The number of carbonyl (C=O) groups excluding carboxylic acids is 2. The first kappa shape index (κ1) is 11.3. The van der Waals surface area contributed by atoms with E-state index in [1.807, 2.05) is 12.2 Å². The van der Waals surface area contributed by atoms with Gasteiger partial charge in [0.25, 0.3) is 0 Å². The Bertz CT molecular complexity index is 541. The molecule has 0 N–H and O–H groups in total. The van der Waals surface area contributed by atoms with Crippen molar-refractivity contribution >= 4 is 11.9 Å². The molecule has 0 radical (unpaired) electrons. The van der Waals surface area contributed by atoms with Crippen molar-refractivity contribution in [1.29, 1.82) is 0 Å². The van der Waals surface area contributed by atoms with Crippen molar-refractivity contribution < 1.29 is 14.3 Å². The molecule has 94 valence electrons. The van der Waals surface area contributed by atoms with Crippen molar-refractivity contribution in [3.8, 4) is 0 Å². The zero-order chi connectivity index (χ0) is 12.9. The fraction of sp³-hybridized carbons (Fsp3) is 0.429. The number of hydrogen-bond acceptors (Lipinski definition) is 3. The van der Waals surface area contributed by atoms with Gasteiger partial charge in [-0.15, -0.1) is 0 Å². The number of esters is 1. The quantitative estimate of drug-likeness (QED) is 0.482. The molecule has 1 amide bonds. The molecule has 2 bridgehead atoms. The highest BCUT2D eigenvalue weighted by Crippen LogP contribution is 2.40. The maximum absolute atomic E-state index is 11.8. The van der Waals surface area contributed by atoms with Gasteiger partial charge in [0.05, 0.1) is 0 Å². The first-order valence-electron chi connectivity index (χ1n) is 6.13. The average molecular weight is 245 g/mol. The van der Waals surface area contributed by atoms with Gasteiger partial charge in [0, 0.05) is 6.54 Å². The molecule has 1 aliphatic carbocycles. The molecule has 3 rings (SSSR count). The van der Waals surface area contributed by atoms with Gasteiger partial charge in [0.1, 0.15) is 0 Å². The van der Waals surface area contributed by atoms with Crippen LogP contribution in [-0.2, 0) is 14.3 Å². The molecule has 18 heavy (non-hydrogen) atoms. The normalized spacial score (nSPS) is 30.8. The van der Waals surface area contributed by atoms with Crippen LogP contribution in [0.1, 0.15) is 26.7 Å². The maximum atomic E-state index is 11.8. The Kier molecular flexibility index (Phi) is 2.24. The number of fused-ring (bicyclic) bond motifs is 4. The molecule has 2 saturated heterocycles. The van der Waals surface area contributed by atoms with Crippen LogP contribution in [0, 0.1) is 0 Å². The fourth-order valence-electron chi connectivity index (χ4n) is 2.84. The predicted octanol–water partition coefficient (Wildman–Crippen LogP) is 1.69. The van der Waals surface area contributed by atoms with Gasteiger partial charge in [-0.2, -0.15) is 0 Å². The third kappa shape index (κ3) is 1.38. The van der Waals surface area contributed by atoms with E-state index in [0.29, 0.717) is 6.54 Å². The maximum Gasteiger partial charge on any atom is 0.399 e. The van der Waals surface area contributed by atoms with E-state index in [9.17, 15) is 9.59 Å². The molecule has 1 atom stereocenters. The van der Waals surface area contributed by atoms with Crippen LogP contribution in [-0.4, -0.2) is 29.0 Å². The standard InChI is InChI=1S/C14H15NO3/c1-9-4-3-5-11-8-10(9)6-7-15-12(16)13(17)18-14(11,15)2/h3-5H,6-8H2,1-2H3. The van der Waals surface area contributed by atoms with Crippen molar-refractivity contribution in [3.63, 3.8) is 0 Å². The Hall–Kier alpha value is -1.84. The fourth-order valence-corrected chi connectivity index (χ4v) is 2.84. The van der Waals surface area contributed by atoms with Crippen molar-refractivity contribution in [2.75, 3.05) is 6.54 Å². The van der Waals surface area contributed by atoms with E-state index < -0.39 is 17.6 Å². The second kappa shape index (κ2) is 3.57. The summed E-state index contributed by atoms with van der Waals surface area (Å²) in [6.45, 7) is 4.42. The second-order valence-corrected chi connectivity index (χ2v) is 5.09. The first-order chi connectivity index (χ1) is 8.52. The Morgan fingerprint density at radius 2 is 2.17 bits per heavy atom. The summed E-state index contributed by atoms with van der Waals surface area (Å²) in [6, 6.07) is 0. The SMILES string of the molecule is CC1=C2CCN3C(=O)C(=O)OC3(C)C(=CC=C1)C2. The highest BCUT2D eigenvalue weighted by atomic mass is 16.6. The number of allylic oxidation sites excluding steroid dienone is 4. The Morgan fingerprint density at radius 3 is 2.94 bits per heavy atom. The number of hydrogen-bond donors (Lipinski definition) is 0. The third-order valence-electron chi connectivity index (χ3n) is 4.06. The van der Waals surface area contributed by atoms with Crippen LogP contribution in [0.15, 0.2) is 34.9 Å². The first-order valence-corrected chi connectivity index (χ1v) is 6.13. The number of rotatable bonds is 0. The predicted molar refractivity (Wildman–Crippen MR) is 65.4 cm³/mol. The number of amides is 1. The summed E-state index contributed by atoms with van der Waals surface area (Å²) < 4.78 is 5.33. The largest absolute Gasteiger partial charge is 0.428 e. The summed E-state index contributed by atoms with van der Waals surface area (Å²) >= 11 is 0. The summed E-state index contributed by atoms with van der Waals surface area (Å²) in [5.74, 6) is -1.26. The monoisotopic (exact) mass is 245 g/mol. The lowest BCUT2D eigenvalue weighted by atomic mass is 9.96. The number of carbonyl (C=O) groups is 2. The highest BCUT2D eigenvalue weighted by molar-refractivity contribution is 6.34.